The van der Waals surface area contributed by atoms with E-state index in [1.165, 1.54) is 12.7 Å². The van der Waals surface area contributed by atoms with Crippen LogP contribution < -0.4 is 5.32 Å². The van der Waals surface area contributed by atoms with Crippen molar-refractivity contribution in [2.24, 2.45) is 0 Å². The van der Waals surface area contributed by atoms with Crippen molar-refractivity contribution >= 4 is 11.9 Å². The zero-order chi connectivity index (χ0) is 15.7. The van der Waals surface area contributed by atoms with E-state index in [0.717, 1.165) is 12.0 Å². The van der Waals surface area contributed by atoms with Gasteiger partial charge in [0.05, 0.1) is 20.2 Å². The highest BCUT2D eigenvalue weighted by Gasteiger charge is 2.13. The van der Waals surface area contributed by atoms with E-state index in [1.807, 2.05) is 38.1 Å². The van der Waals surface area contributed by atoms with Crippen LogP contribution in [-0.4, -0.2) is 43.5 Å². The second-order valence-corrected chi connectivity index (χ2v) is 5.05. The minimum absolute atomic E-state index is 0.0899. The van der Waals surface area contributed by atoms with Crippen molar-refractivity contribution < 1.29 is 14.3 Å². The standard InChI is InChI=1S/C16H24N2O3/c1-4-9-18(12-16(20)21-3)11-15(19)17-10-14-7-5-13(2)6-8-14/h5-8H,4,9-12H2,1-3H3,(H,17,19). The molecular formula is C16H24N2O3. The maximum atomic E-state index is 11.9. The highest BCUT2D eigenvalue weighted by atomic mass is 16.5. The van der Waals surface area contributed by atoms with Gasteiger partial charge in [0.2, 0.25) is 5.91 Å². The number of nitrogens with one attached hydrogen (secondary N) is 1. The highest BCUT2D eigenvalue weighted by molar-refractivity contribution is 5.79. The topological polar surface area (TPSA) is 58.6 Å². The van der Waals surface area contributed by atoms with Crippen LogP contribution in [-0.2, 0) is 20.9 Å². The molecule has 21 heavy (non-hydrogen) atoms. The monoisotopic (exact) mass is 292 g/mol. The summed E-state index contributed by atoms with van der Waals surface area (Å²) in [5, 5.41) is 2.87. The Morgan fingerprint density at radius 2 is 1.86 bits per heavy atom. The van der Waals surface area contributed by atoms with E-state index in [-0.39, 0.29) is 25.0 Å². The van der Waals surface area contributed by atoms with Gasteiger partial charge in [-0.15, -0.1) is 0 Å². The highest BCUT2D eigenvalue weighted by Crippen LogP contribution is 2.02. The number of nitrogens with zero attached hydrogens (tertiary/aromatic N) is 1. The first-order valence-electron chi connectivity index (χ1n) is 7.16. The third-order valence-corrected chi connectivity index (χ3v) is 3.10. The van der Waals surface area contributed by atoms with Crippen molar-refractivity contribution in [1.82, 2.24) is 10.2 Å². The predicted molar refractivity (Wildman–Crippen MR) is 81.8 cm³/mol. The smallest absolute Gasteiger partial charge is 0.319 e. The molecule has 1 aromatic rings. The van der Waals surface area contributed by atoms with Crippen LogP contribution in [0.5, 0.6) is 0 Å². The van der Waals surface area contributed by atoms with Crippen LogP contribution in [0.15, 0.2) is 24.3 Å². The molecule has 5 heteroatoms. The number of esters is 1. The number of hydrogen-bond acceptors (Lipinski definition) is 4. The Hall–Kier alpha value is -1.88. The molecule has 5 nitrogen and oxygen atoms in total. The Morgan fingerprint density at radius 3 is 2.43 bits per heavy atom. The Morgan fingerprint density at radius 1 is 1.19 bits per heavy atom. The number of methoxy groups -OCH3 is 1. The second-order valence-electron chi connectivity index (χ2n) is 5.05. The molecule has 1 amide bonds. The van der Waals surface area contributed by atoms with E-state index in [9.17, 15) is 9.59 Å². The molecule has 1 aromatic carbocycles. The van der Waals surface area contributed by atoms with Crippen LogP contribution in [0.25, 0.3) is 0 Å². The average molecular weight is 292 g/mol. The molecule has 0 heterocycles. The summed E-state index contributed by atoms with van der Waals surface area (Å²) < 4.78 is 4.64. The van der Waals surface area contributed by atoms with Crippen LogP contribution in [0.1, 0.15) is 24.5 Å². The maximum absolute atomic E-state index is 11.9. The molecule has 116 valence electrons. The zero-order valence-electron chi connectivity index (χ0n) is 13.0. The van der Waals surface area contributed by atoms with Crippen molar-refractivity contribution in [1.29, 1.82) is 0 Å². The number of amides is 1. The molecule has 0 atom stereocenters. The average Bonchev–Trinajstić information content (AvgIpc) is 2.46. The van der Waals surface area contributed by atoms with Gasteiger partial charge >= 0.3 is 5.97 Å². The molecule has 0 aliphatic carbocycles. The lowest BCUT2D eigenvalue weighted by Gasteiger charge is -2.19. The molecule has 0 radical (unpaired) electrons. The molecular weight excluding hydrogens is 268 g/mol. The molecule has 0 saturated heterocycles. The van der Waals surface area contributed by atoms with E-state index < -0.39 is 0 Å². The second kappa shape index (κ2) is 9.13. The summed E-state index contributed by atoms with van der Waals surface area (Å²) >= 11 is 0. The molecule has 1 N–H and O–H groups in total. The van der Waals surface area contributed by atoms with Gasteiger partial charge < -0.3 is 10.1 Å². The lowest BCUT2D eigenvalue weighted by Crippen LogP contribution is -2.40. The van der Waals surface area contributed by atoms with Gasteiger partial charge in [-0.25, -0.2) is 0 Å². The number of aryl methyl sites for hydroxylation is 1. The Bertz CT molecular complexity index is 457. The first-order valence-corrected chi connectivity index (χ1v) is 7.16. The van der Waals surface area contributed by atoms with Crippen LogP contribution in [0.3, 0.4) is 0 Å². The number of carbonyl (C=O) groups is 2. The zero-order valence-corrected chi connectivity index (χ0v) is 13.0. The first kappa shape index (κ1) is 17.2. The summed E-state index contributed by atoms with van der Waals surface area (Å²) in [5.74, 6) is -0.414. The van der Waals surface area contributed by atoms with E-state index in [0.29, 0.717) is 13.1 Å². The Kier molecular flexibility index (Phi) is 7.46. The normalized spacial score (nSPS) is 10.5. The number of hydrogen-bond donors (Lipinski definition) is 1. The number of benzene rings is 1. The fourth-order valence-corrected chi connectivity index (χ4v) is 1.94. The summed E-state index contributed by atoms with van der Waals surface area (Å²) in [4.78, 5) is 25.0. The van der Waals surface area contributed by atoms with Gasteiger partial charge in [0, 0.05) is 6.54 Å². The molecule has 1 rings (SSSR count). The number of carbonyl (C=O) groups excluding carboxylic acids is 2. The third kappa shape index (κ3) is 6.90. The Labute approximate surface area is 126 Å². The van der Waals surface area contributed by atoms with Crippen molar-refractivity contribution in [2.75, 3.05) is 26.7 Å². The van der Waals surface area contributed by atoms with Gasteiger partial charge in [-0.2, -0.15) is 0 Å². The molecule has 0 aliphatic heterocycles. The van der Waals surface area contributed by atoms with Gasteiger partial charge in [-0.05, 0) is 25.5 Å². The van der Waals surface area contributed by atoms with E-state index in [4.69, 9.17) is 0 Å². The SMILES string of the molecule is CCCN(CC(=O)NCc1ccc(C)cc1)CC(=O)OC. The van der Waals surface area contributed by atoms with E-state index in [2.05, 4.69) is 10.1 Å². The van der Waals surface area contributed by atoms with Gasteiger partial charge in [-0.3, -0.25) is 14.5 Å². The summed E-state index contributed by atoms with van der Waals surface area (Å²) in [6.07, 6.45) is 0.877. The largest absolute Gasteiger partial charge is 0.468 e. The molecule has 0 fully saturated rings. The van der Waals surface area contributed by atoms with Gasteiger partial charge in [0.1, 0.15) is 0 Å². The number of ether oxygens (including phenoxy) is 1. The van der Waals surface area contributed by atoms with Gasteiger partial charge in [0.25, 0.3) is 0 Å². The van der Waals surface area contributed by atoms with Crippen molar-refractivity contribution in [3.63, 3.8) is 0 Å². The van der Waals surface area contributed by atoms with Crippen LogP contribution >= 0.6 is 0 Å². The van der Waals surface area contributed by atoms with E-state index in [1.54, 1.807) is 4.90 Å². The van der Waals surface area contributed by atoms with Crippen LogP contribution in [0, 0.1) is 6.92 Å². The Balaban J connectivity index is 2.42. The summed E-state index contributed by atoms with van der Waals surface area (Å²) in [6, 6.07) is 8.02. The summed E-state index contributed by atoms with van der Waals surface area (Å²) in [6.45, 7) is 5.56. The van der Waals surface area contributed by atoms with Crippen LogP contribution in [0.4, 0.5) is 0 Å². The lowest BCUT2D eigenvalue weighted by molar-refractivity contribution is -0.142. The molecule has 0 unspecified atom stereocenters. The fraction of sp³-hybridized carbons (Fsp3) is 0.500. The maximum Gasteiger partial charge on any atom is 0.319 e. The summed E-state index contributed by atoms with van der Waals surface area (Å²) in [7, 11) is 1.35. The van der Waals surface area contributed by atoms with E-state index >= 15 is 0 Å². The van der Waals surface area contributed by atoms with Gasteiger partial charge in [-0.1, -0.05) is 36.8 Å². The molecule has 0 aromatic heterocycles. The predicted octanol–water partition coefficient (Wildman–Crippen LogP) is 1.50. The van der Waals surface area contributed by atoms with Crippen molar-refractivity contribution in [3.05, 3.63) is 35.4 Å². The summed E-state index contributed by atoms with van der Waals surface area (Å²) in [5.41, 5.74) is 2.25. The van der Waals surface area contributed by atoms with Crippen molar-refractivity contribution in [2.45, 2.75) is 26.8 Å². The number of rotatable bonds is 8. The third-order valence-electron chi connectivity index (χ3n) is 3.10. The molecule has 0 bridgehead atoms. The fourth-order valence-electron chi connectivity index (χ4n) is 1.94. The van der Waals surface area contributed by atoms with Crippen LogP contribution in [0.2, 0.25) is 0 Å². The quantitative estimate of drug-likeness (QED) is 0.738. The molecule has 0 aliphatic rings. The first-order chi connectivity index (χ1) is 10.0. The molecule has 0 spiro atoms. The minimum atomic E-state index is -0.324. The minimum Gasteiger partial charge on any atom is -0.468 e. The van der Waals surface area contributed by atoms with Crippen molar-refractivity contribution in [3.8, 4) is 0 Å². The lowest BCUT2D eigenvalue weighted by atomic mass is 10.1. The molecule has 0 saturated carbocycles. The van der Waals surface area contributed by atoms with Gasteiger partial charge in [0.15, 0.2) is 0 Å².